The smallest absolute Gasteiger partial charge is 0.375 e. The van der Waals surface area contributed by atoms with Crippen molar-refractivity contribution in [3.63, 3.8) is 0 Å². The largest absolute Gasteiger partial charge is 0.488 e. The van der Waals surface area contributed by atoms with Gasteiger partial charge in [0.2, 0.25) is 5.78 Å². The van der Waals surface area contributed by atoms with Crippen LogP contribution in [0, 0.1) is 5.92 Å². The summed E-state index contributed by atoms with van der Waals surface area (Å²) >= 11 is 0. The zero-order valence-corrected chi connectivity index (χ0v) is 21.0. The van der Waals surface area contributed by atoms with E-state index in [0.29, 0.717) is 30.4 Å². The van der Waals surface area contributed by atoms with Crippen molar-refractivity contribution in [2.45, 2.75) is 46.8 Å². The molecule has 0 aromatic heterocycles. The zero-order valence-electron chi connectivity index (χ0n) is 21.0. The Balaban J connectivity index is 1.95. The van der Waals surface area contributed by atoms with E-state index in [2.05, 4.69) is 13.8 Å². The van der Waals surface area contributed by atoms with Gasteiger partial charge < -0.3 is 14.2 Å². The monoisotopic (exact) mass is 488 g/mol. The normalized spacial score (nSPS) is 10.7. The Morgan fingerprint density at radius 2 is 1.33 bits per heavy atom. The average molecular weight is 489 g/mol. The fourth-order valence-electron chi connectivity index (χ4n) is 3.67. The molecule has 3 aromatic rings. The van der Waals surface area contributed by atoms with E-state index < -0.39 is 24.0 Å². The third kappa shape index (κ3) is 7.80. The third-order valence-electron chi connectivity index (χ3n) is 5.39. The molecule has 36 heavy (non-hydrogen) atoms. The number of carbonyl (C=O) groups is 3. The molecule has 3 rings (SSSR count). The number of esters is 1. The fourth-order valence-corrected chi connectivity index (χ4v) is 3.67. The second kappa shape index (κ2) is 13.2. The molecule has 0 atom stereocenters. The minimum Gasteiger partial charge on any atom is -0.488 e. The van der Waals surface area contributed by atoms with Gasteiger partial charge in [-0.05, 0) is 42.0 Å². The highest BCUT2D eigenvalue weighted by atomic mass is 16.5. The van der Waals surface area contributed by atoms with Crippen molar-refractivity contribution in [3.8, 4) is 11.5 Å². The molecule has 6 nitrogen and oxygen atoms in total. The van der Waals surface area contributed by atoms with Gasteiger partial charge in [0.1, 0.15) is 24.7 Å². The van der Waals surface area contributed by atoms with E-state index in [0.717, 1.165) is 16.7 Å². The van der Waals surface area contributed by atoms with Gasteiger partial charge in [0, 0.05) is 6.07 Å². The molecule has 0 heterocycles. The first-order valence-electron chi connectivity index (χ1n) is 12.1. The van der Waals surface area contributed by atoms with Crippen molar-refractivity contribution in [2.24, 2.45) is 5.92 Å². The maximum Gasteiger partial charge on any atom is 0.375 e. The molecule has 0 amide bonds. The lowest BCUT2D eigenvalue weighted by molar-refractivity contribution is -0.153. The van der Waals surface area contributed by atoms with Gasteiger partial charge in [0.05, 0.1) is 18.6 Å². The van der Waals surface area contributed by atoms with Crippen molar-refractivity contribution in [1.82, 2.24) is 0 Å². The Morgan fingerprint density at radius 1 is 0.778 bits per heavy atom. The Hall–Kier alpha value is -3.93. The number of carbonyl (C=O) groups excluding carboxylic acids is 3. The molecule has 0 aliphatic carbocycles. The van der Waals surface area contributed by atoms with Crippen LogP contribution in [-0.4, -0.2) is 24.1 Å². The van der Waals surface area contributed by atoms with Crippen LogP contribution >= 0.6 is 0 Å². The van der Waals surface area contributed by atoms with Gasteiger partial charge >= 0.3 is 5.97 Å². The average Bonchev–Trinajstić information content (AvgIpc) is 2.87. The molecule has 0 aliphatic heterocycles. The van der Waals surface area contributed by atoms with Gasteiger partial charge in [-0.25, -0.2) is 4.79 Å². The van der Waals surface area contributed by atoms with E-state index in [4.69, 9.17) is 14.2 Å². The lowest BCUT2D eigenvalue weighted by Crippen LogP contribution is -2.21. The molecule has 0 bridgehead atoms. The van der Waals surface area contributed by atoms with Crippen LogP contribution in [0.1, 0.15) is 54.2 Å². The van der Waals surface area contributed by atoms with E-state index in [1.165, 1.54) is 0 Å². The van der Waals surface area contributed by atoms with Gasteiger partial charge in [-0.3, -0.25) is 9.59 Å². The lowest BCUT2D eigenvalue weighted by atomic mass is 9.96. The van der Waals surface area contributed by atoms with E-state index in [9.17, 15) is 14.4 Å². The second-order valence-electron chi connectivity index (χ2n) is 8.85. The molecule has 3 aromatic carbocycles. The van der Waals surface area contributed by atoms with Gasteiger partial charge in [-0.15, -0.1) is 0 Å². The second-order valence-corrected chi connectivity index (χ2v) is 8.85. The van der Waals surface area contributed by atoms with Crippen LogP contribution in [0.5, 0.6) is 11.5 Å². The summed E-state index contributed by atoms with van der Waals surface area (Å²) in [5.74, 6) is -1.19. The highest BCUT2D eigenvalue weighted by Gasteiger charge is 2.24. The molecular formula is C30H32O6. The summed E-state index contributed by atoms with van der Waals surface area (Å²) in [6.45, 7) is 6.41. The molecule has 0 saturated carbocycles. The van der Waals surface area contributed by atoms with Crippen molar-refractivity contribution >= 4 is 17.5 Å². The number of Topliss-reactive ketones (excluding diaryl/α,β-unsaturated/α-hetero) is 2. The predicted octanol–water partition coefficient (Wildman–Crippen LogP) is 5.75. The molecular weight excluding hydrogens is 456 g/mol. The van der Waals surface area contributed by atoms with Gasteiger partial charge in [-0.2, -0.15) is 0 Å². The van der Waals surface area contributed by atoms with E-state index >= 15 is 0 Å². The predicted molar refractivity (Wildman–Crippen MR) is 137 cm³/mol. The Bertz CT molecular complexity index is 1170. The molecule has 0 saturated heterocycles. The molecule has 0 spiro atoms. The standard InChI is InChI=1S/C30H32O6/c1-4-34-30(33)27(32)17-26(31)25-16-24(15-21(2)3)28(35-19-22-11-7-5-8-12-22)18-29(25)36-20-23-13-9-6-10-14-23/h5-14,16,18,21H,4,15,17,19-20H2,1-3H3. The minimum atomic E-state index is -1.01. The summed E-state index contributed by atoms with van der Waals surface area (Å²) in [7, 11) is 0. The number of ketones is 2. The van der Waals surface area contributed by atoms with Crippen LogP contribution in [-0.2, 0) is 34.0 Å². The quantitative estimate of drug-likeness (QED) is 0.132. The highest BCUT2D eigenvalue weighted by molar-refractivity contribution is 6.38. The summed E-state index contributed by atoms with van der Waals surface area (Å²) in [6, 6.07) is 22.8. The number of hydrogen-bond acceptors (Lipinski definition) is 6. The van der Waals surface area contributed by atoms with Crippen LogP contribution < -0.4 is 9.47 Å². The fraction of sp³-hybridized carbons (Fsp3) is 0.300. The Kier molecular flexibility index (Phi) is 9.81. The van der Waals surface area contributed by atoms with Crippen LogP contribution in [0.3, 0.4) is 0 Å². The minimum absolute atomic E-state index is 0.0657. The number of ether oxygens (including phenoxy) is 3. The summed E-state index contributed by atoms with van der Waals surface area (Å²) in [5.41, 5.74) is 3.02. The maximum absolute atomic E-state index is 13.2. The molecule has 0 N–H and O–H groups in total. The summed E-state index contributed by atoms with van der Waals surface area (Å²) in [4.78, 5) is 37.2. The maximum atomic E-state index is 13.2. The third-order valence-corrected chi connectivity index (χ3v) is 5.39. The molecule has 0 fully saturated rings. The molecule has 0 aliphatic rings. The summed E-state index contributed by atoms with van der Waals surface area (Å²) in [5, 5.41) is 0. The van der Waals surface area contributed by atoms with Gasteiger partial charge in [-0.1, -0.05) is 74.5 Å². The molecule has 0 radical (unpaired) electrons. The first-order valence-corrected chi connectivity index (χ1v) is 12.1. The van der Waals surface area contributed by atoms with Gasteiger partial charge in [0.15, 0.2) is 5.78 Å². The Morgan fingerprint density at radius 3 is 1.86 bits per heavy atom. The first kappa shape index (κ1) is 26.7. The number of hydrogen-bond donors (Lipinski definition) is 0. The molecule has 6 heteroatoms. The van der Waals surface area contributed by atoms with Crippen molar-refractivity contribution in [3.05, 3.63) is 95.1 Å². The molecule has 188 valence electrons. The van der Waals surface area contributed by atoms with Crippen molar-refractivity contribution in [2.75, 3.05) is 6.61 Å². The van der Waals surface area contributed by atoms with Crippen LogP contribution in [0.15, 0.2) is 72.8 Å². The van der Waals surface area contributed by atoms with E-state index in [1.807, 2.05) is 60.7 Å². The number of rotatable bonds is 13. The first-order chi connectivity index (χ1) is 17.4. The topological polar surface area (TPSA) is 78.9 Å². The highest BCUT2D eigenvalue weighted by Crippen LogP contribution is 2.33. The van der Waals surface area contributed by atoms with Crippen molar-refractivity contribution < 1.29 is 28.6 Å². The van der Waals surface area contributed by atoms with Crippen LogP contribution in [0.4, 0.5) is 0 Å². The number of benzene rings is 3. The van der Waals surface area contributed by atoms with Crippen molar-refractivity contribution in [1.29, 1.82) is 0 Å². The van der Waals surface area contributed by atoms with Crippen LogP contribution in [0.2, 0.25) is 0 Å². The Labute approximate surface area is 212 Å². The van der Waals surface area contributed by atoms with Crippen LogP contribution in [0.25, 0.3) is 0 Å². The zero-order chi connectivity index (χ0) is 25.9. The van der Waals surface area contributed by atoms with E-state index in [-0.39, 0.29) is 18.8 Å². The lowest BCUT2D eigenvalue weighted by Gasteiger charge is -2.18. The summed E-state index contributed by atoms with van der Waals surface area (Å²) < 4.78 is 17.0. The summed E-state index contributed by atoms with van der Waals surface area (Å²) in [6.07, 6.45) is 0.0705. The molecule has 0 unspecified atom stereocenters. The van der Waals surface area contributed by atoms with E-state index in [1.54, 1.807) is 19.1 Å². The SMILES string of the molecule is CCOC(=O)C(=O)CC(=O)c1cc(CC(C)C)c(OCc2ccccc2)cc1OCc1ccccc1. The van der Waals surface area contributed by atoms with Gasteiger partial charge in [0.25, 0.3) is 0 Å².